The lowest BCUT2D eigenvalue weighted by atomic mass is 9.96. The van der Waals surface area contributed by atoms with Gasteiger partial charge in [-0.3, -0.25) is 0 Å². The molecule has 0 saturated carbocycles. The number of para-hydroxylation sites is 1. The monoisotopic (exact) mass is 386 g/mol. The first-order chi connectivity index (χ1) is 14.6. The van der Waals surface area contributed by atoms with Crippen molar-refractivity contribution in [2.24, 2.45) is 7.05 Å². The van der Waals surface area contributed by atoms with Crippen LogP contribution in [0.25, 0.3) is 59.9 Å². The summed E-state index contributed by atoms with van der Waals surface area (Å²) in [6.45, 7) is 4.47. The van der Waals surface area contributed by atoms with Gasteiger partial charge in [0.2, 0.25) is 0 Å². The number of rotatable bonds is 0. The van der Waals surface area contributed by atoms with E-state index in [9.17, 15) is 0 Å². The summed E-state index contributed by atoms with van der Waals surface area (Å²) >= 11 is 0. The lowest BCUT2D eigenvalue weighted by Crippen LogP contribution is -2.30. The molecule has 3 aromatic heterocycles. The molecular weight excluding hydrogens is 366 g/mol. The molecule has 7 aromatic rings. The van der Waals surface area contributed by atoms with E-state index >= 15 is 0 Å². The first-order valence-corrected chi connectivity index (χ1v) is 10.4. The van der Waals surface area contributed by atoms with Gasteiger partial charge in [0, 0.05) is 16.2 Å². The van der Waals surface area contributed by atoms with E-state index in [1.54, 1.807) is 0 Å². The third-order valence-corrected chi connectivity index (χ3v) is 6.84. The number of nitrogens with zero attached hydrogens (tertiary/aromatic N) is 3. The number of aryl methyl sites for hydroxylation is 3. The predicted molar refractivity (Wildman–Crippen MR) is 125 cm³/mol. The van der Waals surface area contributed by atoms with E-state index in [1.807, 2.05) is 6.33 Å². The maximum absolute atomic E-state index is 4.81. The fourth-order valence-electron chi connectivity index (χ4n) is 5.60. The normalized spacial score (nSPS) is 12.5. The van der Waals surface area contributed by atoms with Crippen molar-refractivity contribution in [1.29, 1.82) is 0 Å². The summed E-state index contributed by atoms with van der Waals surface area (Å²) in [6.07, 6.45) is 1.96. The van der Waals surface area contributed by atoms with Gasteiger partial charge in [0.05, 0.1) is 29.0 Å². The predicted octanol–water partition coefficient (Wildman–Crippen LogP) is 5.98. The number of hydrogen-bond acceptors (Lipinski definition) is 1. The van der Waals surface area contributed by atoms with Crippen LogP contribution in [0.5, 0.6) is 0 Å². The molecule has 0 aliphatic rings. The number of benzene rings is 4. The van der Waals surface area contributed by atoms with Crippen LogP contribution in [0.1, 0.15) is 11.1 Å². The van der Waals surface area contributed by atoms with Crippen molar-refractivity contribution in [2.45, 2.75) is 13.8 Å². The second-order valence-corrected chi connectivity index (χ2v) is 8.48. The van der Waals surface area contributed by atoms with E-state index in [-0.39, 0.29) is 0 Å². The van der Waals surface area contributed by atoms with Crippen LogP contribution in [-0.4, -0.2) is 9.38 Å². The maximum atomic E-state index is 4.81. The van der Waals surface area contributed by atoms with E-state index in [0.29, 0.717) is 0 Å². The van der Waals surface area contributed by atoms with Gasteiger partial charge in [-0.2, -0.15) is 0 Å². The molecule has 0 saturated heterocycles. The average Bonchev–Trinajstić information content (AvgIpc) is 3.11. The summed E-state index contributed by atoms with van der Waals surface area (Å²) in [5, 5.41) is 7.80. The van der Waals surface area contributed by atoms with Crippen molar-refractivity contribution in [2.75, 3.05) is 0 Å². The second-order valence-electron chi connectivity index (χ2n) is 8.48. The highest BCUT2D eigenvalue weighted by Crippen LogP contribution is 2.42. The largest absolute Gasteiger partial charge is 0.307 e. The van der Waals surface area contributed by atoms with Gasteiger partial charge >= 0.3 is 0 Å². The van der Waals surface area contributed by atoms with Gasteiger partial charge in [0.15, 0.2) is 5.52 Å². The summed E-state index contributed by atoms with van der Waals surface area (Å²) in [4.78, 5) is 4.81. The first kappa shape index (κ1) is 16.1. The summed E-state index contributed by atoms with van der Waals surface area (Å²) < 4.78 is 4.67. The van der Waals surface area contributed by atoms with Crippen LogP contribution in [0.4, 0.5) is 0 Å². The second kappa shape index (κ2) is 5.25. The van der Waals surface area contributed by atoms with Crippen LogP contribution < -0.4 is 4.57 Å². The number of hydrogen-bond donors (Lipinski definition) is 0. The Labute approximate surface area is 173 Å². The zero-order valence-corrected chi connectivity index (χ0v) is 17.2. The highest BCUT2D eigenvalue weighted by atomic mass is 15.0. The van der Waals surface area contributed by atoms with Crippen molar-refractivity contribution in [1.82, 2.24) is 9.38 Å². The smallest absolute Gasteiger partial charge is 0.287 e. The molecule has 0 amide bonds. The lowest BCUT2D eigenvalue weighted by molar-refractivity contribution is -0.646. The van der Waals surface area contributed by atoms with E-state index in [4.69, 9.17) is 4.98 Å². The molecule has 0 atom stereocenters. The average molecular weight is 386 g/mol. The van der Waals surface area contributed by atoms with Crippen LogP contribution in [0, 0.1) is 13.8 Å². The Balaban J connectivity index is 2.00. The number of pyridine rings is 1. The molecule has 4 aromatic carbocycles. The number of aromatic nitrogens is 3. The van der Waals surface area contributed by atoms with Gasteiger partial charge in [-0.25, -0.2) is 4.57 Å². The Kier molecular flexibility index (Phi) is 2.82. The Morgan fingerprint density at radius 2 is 1.57 bits per heavy atom. The van der Waals surface area contributed by atoms with Gasteiger partial charge in [-0.15, -0.1) is 0 Å². The minimum absolute atomic E-state index is 1.07. The molecule has 0 spiro atoms. The Hall–Kier alpha value is -3.72. The maximum Gasteiger partial charge on any atom is 0.287 e. The third-order valence-electron chi connectivity index (χ3n) is 6.84. The minimum Gasteiger partial charge on any atom is -0.307 e. The summed E-state index contributed by atoms with van der Waals surface area (Å²) in [6, 6.07) is 22.1. The molecule has 0 unspecified atom stereocenters. The Bertz CT molecular complexity index is 1820. The Morgan fingerprint density at radius 1 is 0.800 bits per heavy atom. The van der Waals surface area contributed by atoms with Crippen molar-refractivity contribution in [3.63, 3.8) is 0 Å². The van der Waals surface area contributed by atoms with Crippen molar-refractivity contribution in [3.8, 4) is 0 Å². The van der Waals surface area contributed by atoms with Crippen LogP contribution >= 0.6 is 0 Å². The van der Waals surface area contributed by atoms with Crippen LogP contribution in [0.3, 0.4) is 0 Å². The molecule has 0 fully saturated rings. The molecule has 0 radical (unpaired) electrons. The van der Waals surface area contributed by atoms with Crippen molar-refractivity contribution < 1.29 is 4.57 Å². The quantitative estimate of drug-likeness (QED) is 0.178. The molecule has 3 nitrogen and oxygen atoms in total. The molecule has 0 bridgehead atoms. The van der Waals surface area contributed by atoms with E-state index in [1.165, 1.54) is 65.5 Å². The molecule has 3 heterocycles. The highest BCUT2D eigenvalue weighted by molar-refractivity contribution is 6.28. The van der Waals surface area contributed by atoms with Crippen LogP contribution in [-0.2, 0) is 7.05 Å². The van der Waals surface area contributed by atoms with Gasteiger partial charge < -0.3 is 4.40 Å². The molecule has 30 heavy (non-hydrogen) atoms. The molecule has 0 N–H and O–H groups in total. The van der Waals surface area contributed by atoms with E-state index < -0.39 is 0 Å². The minimum atomic E-state index is 1.07. The summed E-state index contributed by atoms with van der Waals surface area (Å²) in [5.74, 6) is 0. The van der Waals surface area contributed by atoms with E-state index in [0.717, 1.165) is 5.52 Å². The fraction of sp³-hybridized carbons (Fsp3) is 0.111. The zero-order valence-electron chi connectivity index (χ0n) is 17.2. The van der Waals surface area contributed by atoms with Gasteiger partial charge in [-0.1, -0.05) is 42.5 Å². The number of fused-ring (bicyclic) bond motifs is 7. The lowest BCUT2D eigenvalue weighted by Gasteiger charge is -2.15. The molecule has 3 heteroatoms. The zero-order chi connectivity index (χ0) is 20.1. The topological polar surface area (TPSA) is 21.2 Å². The Morgan fingerprint density at radius 3 is 2.43 bits per heavy atom. The molecule has 142 valence electrons. The summed E-state index contributed by atoms with van der Waals surface area (Å²) in [5.41, 5.74) is 8.74. The molecule has 0 aliphatic carbocycles. The third kappa shape index (κ3) is 1.73. The van der Waals surface area contributed by atoms with Gasteiger partial charge in [0.25, 0.3) is 6.33 Å². The van der Waals surface area contributed by atoms with Gasteiger partial charge in [0.1, 0.15) is 5.52 Å². The first-order valence-electron chi connectivity index (χ1n) is 10.4. The standard InChI is InChI=1S/C27H20N3/c1-15-12-20-25-26(29(3)14-28-20)24-16(2)18-9-5-4-8-17(18)13-22(24)30-21-11-7-6-10-19(21)23(15)27(25)30/h4-14H,1-3H3/q+1. The van der Waals surface area contributed by atoms with Crippen LogP contribution in [0.2, 0.25) is 0 Å². The molecule has 0 aliphatic heterocycles. The van der Waals surface area contributed by atoms with E-state index in [2.05, 4.69) is 90.5 Å². The van der Waals surface area contributed by atoms with Crippen molar-refractivity contribution >= 4 is 59.9 Å². The molecular formula is C27H20N3+. The van der Waals surface area contributed by atoms with Crippen LogP contribution in [0.15, 0.2) is 67.0 Å². The fourth-order valence-corrected chi connectivity index (χ4v) is 5.60. The summed E-state index contributed by atoms with van der Waals surface area (Å²) in [7, 11) is 2.12. The SMILES string of the molecule is Cc1cc2nc[n+](C)c3c4c(C)c5ccccc5cc4n4c5ccccc5c1c4c23. The van der Waals surface area contributed by atoms with Crippen molar-refractivity contribution in [3.05, 3.63) is 78.1 Å². The highest BCUT2D eigenvalue weighted by Gasteiger charge is 2.25. The molecule has 7 rings (SSSR count). The van der Waals surface area contributed by atoms with Gasteiger partial charge in [-0.05, 0) is 58.9 Å².